The Morgan fingerprint density at radius 1 is 1.09 bits per heavy atom. The maximum Gasteiger partial charge on any atom is 0.221 e. The van der Waals surface area contributed by atoms with Crippen molar-refractivity contribution in [3.8, 4) is 0 Å². The van der Waals surface area contributed by atoms with Crippen molar-refractivity contribution in [3.05, 3.63) is 60.2 Å². The van der Waals surface area contributed by atoms with Gasteiger partial charge in [0.1, 0.15) is 0 Å². The Kier molecular flexibility index (Phi) is 6.51. The lowest BCUT2D eigenvalue weighted by Gasteiger charge is -2.16. The number of carbonyl (C=O) groups is 1. The first kappa shape index (κ1) is 16.1. The van der Waals surface area contributed by atoms with E-state index in [2.05, 4.69) is 20.2 Å². The first-order valence-electron chi connectivity index (χ1n) is 7.47. The van der Waals surface area contributed by atoms with Gasteiger partial charge in [0.05, 0.1) is 0 Å². The molecule has 2 heterocycles. The van der Waals surface area contributed by atoms with Gasteiger partial charge in [0.25, 0.3) is 0 Å². The molecule has 5 heteroatoms. The molecule has 0 saturated carbocycles. The normalized spacial score (nSPS) is 10.6. The Labute approximate surface area is 131 Å². The summed E-state index contributed by atoms with van der Waals surface area (Å²) in [5.74, 6) is 0.0691. The van der Waals surface area contributed by atoms with Crippen LogP contribution in [0.1, 0.15) is 17.5 Å². The van der Waals surface area contributed by atoms with Crippen LogP contribution in [0.2, 0.25) is 0 Å². The maximum absolute atomic E-state index is 11.8. The van der Waals surface area contributed by atoms with Crippen LogP contribution in [-0.2, 0) is 17.8 Å². The Bertz CT molecular complexity index is 559. The Morgan fingerprint density at radius 3 is 2.64 bits per heavy atom. The van der Waals surface area contributed by atoms with Gasteiger partial charge in [0.15, 0.2) is 0 Å². The minimum absolute atomic E-state index is 0.0691. The number of nitrogens with one attached hydrogen (secondary N) is 1. The number of nitrogens with zero attached hydrogens (tertiary/aromatic N) is 3. The third kappa shape index (κ3) is 6.01. The highest BCUT2D eigenvalue weighted by Gasteiger charge is 2.05. The van der Waals surface area contributed by atoms with Crippen LogP contribution in [0.4, 0.5) is 0 Å². The second-order valence-corrected chi connectivity index (χ2v) is 5.30. The molecule has 5 nitrogen and oxygen atoms in total. The third-order valence-electron chi connectivity index (χ3n) is 3.46. The van der Waals surface area contributed by atoms with E-state index in [1.165, 1.54) is 5.56 Å². The van der Waals surface area contributed by atoms with E-state index in [0.29, 0.717) is 13.0 Å². The molecule has 0 bridgehead atoms. The number of amides is 1. The van der Waals surface area contributed by atoms with Gasteiger partial charge in [0, 0.05) is 50.8 Å². The molecule has 0 radical (unpaired) electrons. The summed E-state index contributed by atoms with van der Waals surface area (Å²) in [5, 5.41) is 2.91. The third-order valence-corrected chi connectivity index (χ3v) is 3.46. The molecular weight excluding hydrogens is 276 g/mol. The smallest absolute Gasteiger partial charge is 0.221 e. The Morgan fingerprint density at radius 2 is 1.91 bits per heavy atom. The summed E-state index contributed by atoms with van der Waals surface area (Å²) in [6.45, 7) is 2.22. The SMILES string of the molecule is CN(CCC(=O)NCc1cccnc1)CCc1ccncc1. The summed E-state index contributed by atoms with van der Waals surface area (Å²) in [6, 6.07) is 7.87. The molecule has 116 valence electrons. The second kappa shape index (κ2) is 8.89. The standard InChI is InChI=1S/C17H22N4O/c1-21(11-6-15-4-9-18-10-5-15)12-7-17(22)20-14-16-3-2-8-19-13-16/h2-5,8-10,13H,6-7,11-12,14H2,1H3,(H,20,22). The maximum atomic E-state index is 11.8. The van der Waals surface area contributed by atoms with Gasteiger partial charge in [-0.15, -0.1) is 0 Å². The molecule has 1 N–H and O–H groups in total. The molecule has 2 aromatic rings. The van der Waals surface area contributed by atoms with Crippen LogP contribution in [0, 0.1) is 0 Å². The van der Waals surface area contributed by atoms with E-state index in [9.17, 15) is 4.79 Å². The molecule has 0 aliphatic heterocycles. The molecule has 22 heavy (non-hydrogen) atoms. The minimum Gasteiger partial charge on any atom is -0.352 e. The van der Waals surface area contributed by atoms with Crippen LogP contribution in [0.3, 0.4) is 0 Å². The zero-order chi connectivity index (χ0) is 15.6. The highest BCUT2D eigenvalue weighted by molar-refractivity contribution is 5.76. The summed E-state index contributed by atoms with van der Waals surface area (Å²) in [4.78, 5) is 22.0. The van der Waals surface area contributed by atoms with E-state index in [4.69, 9.17) is 0 Å². The van der Waals surface area contributed by atoms with E-state index in [1.807, 2.05) is 31.3 Å². The predicted molar refractivity (Wildman–Crippen MR) is 86.1 cm³/mol. The fraction of sp³-hybridized carbons (Fsp3) is 0.353. The van der Waals surface area contributed by atoms with E-state index in [1.54, 1.807) is 24.8 Å². The first-order valence-corrected chi connectivity index (χ1v) is 7.47. The molecule has 0 spiro atoms. The van der Waals surface area contributed by atoms with Crippen LogP contribution in [0.25, 0.3) is 0 Å². The molecule has 0 aromatic carbocycles. The lowest BCUT2D eigenvalue weighted by molar-refractivity contribution is -0.121. The fourth-order valence-corrected chi connectivity index (χ4v) is 2.07. The van der Waals surface area contributed by atoms with Crippen molar-refractivity contribution in [1.82, 2.24) is 20.2 Å². The zero-order valence-electron chi connectivity index (χ0n) is 12.9. The van der Waals surface area contributed by atoms with Crippen LogP contribution in [-0.4, -0.2) is 40.9 Å². The van der Waals surface area contributed by atoms with Gasteiger partial charge >= 0.3 is 0 Å². The summed E-state index contributed by atoms with van der Waals surface area (Å²) < 4.78 is 0. The van der Waals surface area contributed by atoms with Crippen LogP contribution in [0.15, 0.2) is 49.1 Å². The number of pyridine rings is 2. The van der Waals surface area contributed by atoms with Crippen molar-refractivity contribution < 1.29 is 4.79 Å². The zero-order valence-corrected chi connectivity index (χ0v) is 12.9. The highest BCUT2D eigenvalue weighted by Crippen LogP contribution is 2.00. The van der Waals surface area contributed by atoms with E-state index in [0.717, 1.165) is 25.1 Å². The minimum atomic E-state index is 0.0691. The van der Waals surface area contributed by atoms with Gasteiger partial charge in [0.2, 0.25) is 5.91 Å². The quantitative estimate of drug-likeness (QED) is 0.805. The summed E-state index contributed by atoms with van der Waals surface area (Å²) in [6.07, 6.45) is 8.58. The lowest BCUT2D eigenvalue weighted by Crippen LogP contribution is -2.29. The molecule has 0 aliphatic carbocycles. The van der Waals surface area contributed by atoms with E-state index >= 15 is 0 Å². The van der Waals surface area contributed by atoms with Gasteiger partial charge in [-0.2, -0.15) is 0 Å². The van der Waals surface area contributed by atoms with E-state index < -0.39 is 0 Å². The van der Waals surface area contributed by atoms with Crippen molar-refractivity contribution >= 4 is 5.91 Å². The molecule has 0 unspecified atom stereocenters. The van der Waals surface area contributed by atoms with Gasteiger partial charge in [-0.1, -0.05) is 6.07 Å². The topological polar surface area (TPSA) is 58.1 Å². The van der Waals surface area contributed by atoms with E-state index in [-0.39, 0.29) is 5.91 Å². The molecular formula is C17H22N4O. The van der Waals surface area contributed by atoms with Gasteiger partial charge in [-0.25, -0.2) is 0 Å². The molecule has 2 rings (SSSR count). The monoisotopic (exact) mass is 298 g/mol. The average Bonchev–Trinajstić information content (AvgIpc) is 2.58. The molecule has 0 fully saturated rings. The molecule has 0 atom stereocenters. The summed E-state index contributed by atoms with van der Waals surface area (Å²) >= 11 is 0. The Hall–Kier alpha value is -2.27. The van der Waals surface area contributed by atoms with Crippen molar-refractivity contribution in [1.29, 1.82) is 0 Å². The van der Waals surface area contributed by atoms with Crippen molar-refractivity contribution in [2.75, 3.05) is 20.1 Å². The molecule has 2 aromatic heterocycles. The average molecular weight is 298 g/mol. The molecule has 0 aliphatic rings. The van der Waals surface area contributed by atoms with Gasteiger partial charge < -0.3 is 10.2 Å². The Balaban J connectivity index is 1.61. The molecule has 0 saturated heterocycles. The number of aromatic nitrogens is 2. The van der Waals surface area contributed by atoms with Crippen molar-refractivity contribution in [2.24, 2.45) is 0 Å². The second-order valence-electron chi connectivity index (χ2n) is 5.30. The number of rotatable bonds is 8. The van der Waals surface area contributed by atoms with Crippen LogP contribution in [0.5, 0.6) is 0 Å². The number of hydrogen-bond acceptors (Lipinski definition) is 4. The largest absolute Gasteiger partial charge is 0.352 e. The summed E-state index contributed by atoms with van der Waals surface area (Å²) in [7, 11) is 2.04. The van der Waals surface area contributed by atoms with Crippen molar-refractivity contribution in [3.63, 3.8) is 0 Å². The fourth-order valence-electron chi connectivity index (χ4n) is 2.07. The lowest BCUT2D eigenvalue weighted by atomic mass is 10.2. The molecule has 1 amide bonds. The summed E-state index contributed by atoms with van der Waals surface area (Å²) in [5.41, 5.74) is 2.28. The highest BCUT2D eigenvalue weighted by atomic mass is 16.1. The predicted octanol–water partition coefficient (Wildman–Crippen LogP) is 1.66. The first-order chi connectivity index (χ1) is 10.7. The van der Waals surface area contributed by atoms with Gasteiger partial charge in [-0.3, -0.25) is 14.8 Å². The van der Waals surface area contributed by atoms with Crippen LogP contribution < -0.4 is 5.32 Å². The number of carbonyl (C=O) groups excluding carboxylic acids is 1. The number of likely N-dealkylation sites (N-methyl/N-ethyl adjacent to an activating group) is 1. The van der Waals surface area contributed by atoms with Crippen LogP contribution >= 0.6 is 0 Å². The van der Waals surface area contributed by atoms with Crippen molar-refractivity contribution in [2.45, 2.75) is 19.4 Å². The van der Waals surface area contributed by atoms with Gasteiger partial charge in [-0.05, 0) is 42.8 Å². The number of hydrogen-bond donors (Lipinski definition) is 1.